The summed E-state index contributed by atoms with van der Waals surface area (Å²) in [6.45, 7) is -1.22. The molecule has 1 rings (SSSR count). The summed E-state index contributed by atoms with van der Waals surface area (Å²) in [5.74, 6) is -2.26. The number of carbonyl (C=O) groups is 1. The van der Waals surface area contributed by atoms with Gasteiger partial charge in [0.1, 0.15) is 5.56 Å². The molecule has 1 heterocycles. The number of carbonyl (C=O) groups excluding carboxylic acids is 1. The average molecular weight is 347 g/mol. The van der Waals surface area contributed by atoms with Gasteiger partial charge in [0.05, 0.1) is 19.3 Å². The highest BCUT2D eigenvalue weighted by molar-refractivity contribution is 5.97. The first-order valence-corrected chi connectivity index (χ1v) is 5.82. The van der Waals surface area contributed by atoms with Crippen molar-refractivity contribution in [2.75, 3.05) is 19.4 Å². The second kappa shape index (κ2) is 6.48. The van der Waals surface area contributed by atoms with Crippen LogP contribution in [0.1, 0.15) is 16.1 Å². The number of rotatable bonds is 4. The topological polar surface area (TPSA) is 97.5 Å². The Balaban J connectivity index is 3.03. The number of aliphatic hydroxyl groups excluding tert-OH is 1. The van der Waals surface area contributed by atoms with Crippen molar-refractivity contribution >= 4 is 11.6 Å². The van der Waals surface area contributed by atoms with Crippen LogP contribution in [0, 0.1) is 0 Å². The summed E-state index contributed by atoms with van der Waals surface area (Å²) in [6, 6.07) is 0.376. The summed E-state index contributed by atoms with van der Waals surface area (Å²) < 4.78 is 78.8. The van der Waals surface area contributed by atoms with Gasteiger partial charge in [-0.2, -0.15) is 26.3 Å². The normalized spacial score (nSPS) is 13.6. The molecule has 130 valence electrons. The van der Waals surface area contributed by atoms with Crippen LogP contribution in [-0.4, -0.2) is 41.9 Å². The maximum Gasteiger partial charge on any atom is 0.421 e. The summed E-state index contributed by atoms with van der Waals surface area (Å²) in [5, 5.41) is 10.4. The quantitative estimate of drug-likeness (QED) is 0.715. The van der Waals surface area contributed by atoms with Crippen LogP contribution in [0.2, 0.25) is 0 Å². The maximum atomic E-state index is 12.7. The molecule has 0 saturated heterocycles. The van der Waals surface area contributed by atoms with E-state index in [-0.39, 0.29) is 0 Å². The molecule has 12 heteroatoms. The number of halogens is 6. The Morgan fingerprint density at radius 2 is 1.96 bits per heavy atom. The zero-order chi connectivity index (χ0) is 18.0. The molecule has 6 nitrogen and oxygen atoms in total. The van der Waals surface area contributed by atoms with Crippen LogP contribution in [0.3, 0.4) is 0 Å². The van der Waals surface area contributed by atoms with Crippen molar-refractivity contribution in [3.8, 4) is 5.88 Å². The van der Waals surface area contributed by atoms with Gasteiger partial charge in [-0.3, -0.25) is 4.79 Å². The number of nitrogens with zero attached hydrogens (tertiary/aromatic N) is 1. The number of aliphatic hydroxyl groups is 1. The van der Waals surface area contributed by atoms with Gasteiger partial charge in [0.2, 0.25) is 5.88 Å². The third-order valence-corrected chi connectivity index (χ3v) is 2.56. The third kappa shape index (κ3) is 4.61. The number of aromatic nitrogens is 1. The second-order valence-corrected chi connectivity index (χ2v) is 4.25. The Labute approximate surface area is 125 Å². The van der Waals surface area contributed by atoms with E-state index in [0.717, 1.165) is 7.11 Å². The molecule has 23 heavy (non-hydrogen) atoms. The Morgan fingerprint density at radius 1 is 1.39 bits per heavy atom. The van der Waals surface area contributed by atoms with E-state index in [4.69, 9.17) is 10.8 Å². The highest BCUT2D eigenvalue weighted by Gasteiger charge is 2.39. The van der Waals surface area contributed by atoms with Gasteiger partial charge in [0.25, 0.3) is 5.91 Å². The minimum absolute atomic E-state index is 0.376. The lowest BCUT2D eigenvalue weighted by molar-refractivity contribution is -0.201. The van der Waals surface area contributed by atoms with Crippen LogP contribution in [0.15, 0.2) is 6.07 Å². The van der Waals surface area contributed by atoms with Gasteiger partial charge >= 0.3 is 12.4 Å². The molecule has 4 N–H and O–H groups in total. The van der Waals surface area contributed by atoms with Gasteiger partial charge in [0, 0.05) is 0 Å². The molecule has 0 aliphatic heterocycles. The van der Waals surface area contributed by atoms with E-state index in [1.54, 1.807) is 5.32 Å². The molecule has 0 fully saturated rings. The van der Waals surface area contributed by atoms with Crippen molar-refractivity contribution in [1.29, 1.82) is 0 Å². The fraction of sp³-hybridized carbons (Fsp3) is 0.455. The molecule has 0 aliphatic rings. The number of hydrogen-bond donors (Lipinski definition) is 3. The van der Waals surface area contributed by atoms with Crippen LogP contribution in [-0.2, 0) is 6.18 Å². The number of alkyl halides is 6. The van der Waals surface area contributed by atoms with Crippen molar-refractivity contribution < 1.29 is 41.0 Å². The summed E-state index contributed by atoms with van der Waals surface area (Å²) in [4.78, 5) is 14.9. The predicted octanol–water partition coefficient (Wildman–Crippen LogP) is 1.34. The van der Waals surface area contributed by atoms with Crippen LogP contribution in [0.25, 0.3) is 0 Å². The van der Waals surface area contributed by atoms with Gasteiger partial charge in [0.15, 0.2) is 11.8 Å². The summed E-state index contributed by atoms with van der Waals surface area (Å²) in [6.07, 6.45) is -12.7. The first kappa shape index (κ1) is 18.8. The zero-order valence-electron chi connectivity index (χ0n) is 11.4. The number of hydrogen-bond acceptors (Lipinski definition) is 5. The monoisotopic (exact) mass is 347 g/mol. The number of anilines is 1. The number of pyridine rings is 1. The number of amides is 1. The number of ether oxygens (including phenoxy) is 1. The number of nitrogen functional groups attached to an aromatic ring is 1. The zero-order valence-corrected chi connectivity index (χ0v) is 11.4. The molecule has 0 bridgehead atoms. The number of methoxy groups -OCH3 is 1. The van der Waals surface area contributed by atoms with Crippen LogP contribution in [0.5, 0.6) is 5.88 Å². The van der Waals surface area contributed by atoms with Crippen LogP contribution < -0.4 is 15.8 Å². The summed E-state index contributed by atoms with van der Waals surface area (Å²) >= 11 is 0. The van der Waals surface area contributed by atoms with E-state index in [1.807, 2.05) is 0 Å². The predicted molar refractivity (Wildman–Crippen MR) is 64.6 cm³/mol. The Bertz CT molecular complexity index is 588. The first-order chi connectivity index (χ1) is 10.4. The molecule has 0 saturated carbocycles. The van der Waals surface area contributed by atoms with Crippen LogP contribution >= 0.6 is 0 Å². The molecule has 1 atom stereocenters. The summed E-state index contributed by atoms with van der Waals surface area (Å²) in [7, 11) is 0.864. The van der Waals surface area contributed by atoms with Crippen molar-refractivity contribution in [3.63, 3.8) is 0 Å². The highest BCUT2D eigenvalue weighted by atomic mass is 19.4. The molecule has 1 unspecified atom stereocenters. The summed E-state index contributed by atoms with van der Waals surface area (Å²) in [5.41, 5.74) is 2.46. The molecule has 1 aromatic rings. The molecule has 0 radical (unpaired) electrons. The molecule has 0 aliphatic carbocycles. The highest BCUT2D eigenvalue weighted by Crippen LogP contribution is 2.36. The van der Waals surface area contributed by atoms with E-state index in [0.29, 0.717) is 6.07 Å². The van der Waals surface area contributed by atoms with Gasteiger partial charge < -0.3 is 20.9 Å². The smallest absolute Gasteiger partial charge is 0.421 e. The molecule has 1 amide bonds. The maximum absolute atomic E-state index is 12.7. The average Bonchev–Trinajstić information content (AvgIpc) is 2.41. The van der Waals surface area contributed by atoms with Gasteiger partial charge in [-0.1, -0.05) is 0 Å². The Morgan fingerprint density at radius 3 is 2.39 bits per heavy atom. The molecular weight excluding hydrogens is 336 g/mol. The second-order valence-electron chi connectivity index (χ2n) is 4.25. The van der Waals surface area contributed by atoms with Gasteiger partial charge in [-0.05, 0) is 6.07 Å². The Kier molecular flexibility index (Phi) is 5.30. The number of nitrogens with two attached hydrogens (primary N) is 1. The molecular formula is C11H11F6N3O3. The van der Waals surface area contributed by atoms with Gasteiger partial charge in [-0.25, -0.2) is 4.98 Å². The molecule has 1 aromatic heterocycles. The minimum Gasteiger partial charge on any atom is -0.481 e. The standard InChI is InChI=1S/C11H11F6N3O3/c1-23-9-4(10(12,13)14)2-5(18)7(20-9)8(22)19-3-6(21)11(15,16)17/h2,6,21H,3,18H2,1H3,(H,19,22). The van der Waals surface area contributed by atoms with E-state index in [9.17, 15) is 31.1 Å². The fourth-order valence-corrected chi connectivity index (χ4v) is 1.44. The van der Waals surface area contributed by atoms with Crippen LogP contribution in [0.4, 0.5) is 32.0 Å². The van der Waals surface area contributed by atoms with E-state index < -0.39 is 53.7 Å². The van der Waals surface area contributed by atoms with E-state index in [2.05, 4.69) is 9.72 Å². The lowest BCUT2D eigenvalue weighted by Gasteiger charge is -2.16. The van der Waals surface area contributed by atoms with Crippen molar-refractivity contribution in [3.05, 3.63) is 17.3 Å². The van der Waals surface area contributed by atoms with E-state index >= 15 is 0 Å². The molecule has 0 spiro atoms. The largest absolute Gasteiger partial charge is 0.481 e. The fourth-order valence-electron chi connectivity index (χ4n) is 1.44. The van der Waals surface area contributed by atoms with Gasteiger partial charge in [-0.15, -0.1) is 0 Å². The van der Waals surface area contributed by atoms with Crippen molar-refractivity contribution in [1.82, 2.24) is 10.3 Å². The Hall–Kier alpha value is -2.24. The van der Waals surface area contributed by atoms with Crippen molar-refractivity contribution in [2.24, 2.45) is 0 Å². The van der Waals surface area contributed by atoms with E-state index in [1.165, 1.54) is 0 Å². The number of nitrogens with one attached hydrogen (secondary N) is 1. The van der Waals surface area contributed by atoms with Crippen molar-refractivity contribution in [2.45, 2.75) is 18.5 Å². The lowest BCUT2D eigenvalue weighted by atomic mass is 10.2. The first-order valence-electron chi connectivity index (χ1n) is 5.82. The SMILES string of the molecule is COc1nc(C(=O)NCC(O)C(F)(F)F)c(N)cc1C(F)(F)F. The molecule has 0 aromatic carbocycles. The minimum atomic E-state index is -4.97. The lowest BCUT2D eigenvalue weighted by Crippen LogP contribution is -2.41. The third-order valence-electron chi connectivity index (χ3n) is 2.56.